The maximum atomic E-state index is 11.5. The second kappa shape index (κ2) is 6.54. The maximum Gasteiger partial charge on any atom is 0.258 e. The standard InChI is InChI=1S/2C10H9NO/c1-11-7-6-8-4-2-3-5-9(8)10(11)12;1-11-9-5-3-2-4-8(9)6-7-10(11)12/h2*2-7H,1H3. The van der Waals surface area contributed by atoms with Gasteiger partial charge in [-0.2, -0.15) is 0 Å². The van der Waals surface area contributed by atoms with Crippen molar-refractivity contribution in [3.63, 3.8) is 0 Å². The average molecular weight is 318 g/mol. The number of aryl methyl sites for hydroxylation is 2. The third-order valence-electron chi connectivity index (χ3n) is 4.02. The van der Waals surface area contributed by atoms with E-state index in [0.29, 0.717) is 0 Å². The second-order valence-corrected chi connectivity index (χ2v) is 5.61. The van der Waals surface area contributed by atoms with Gasteiger partial charge in [0.2, 0.25) is 0 Å². The van der Waals surface area contributed by atoms with Crippen molar-refractivity contribution < 1.29 is 0 Å². The van der Waals surface area contributed by atoms with Gasteiger partial charge in [-0.15, -0.1) is 0 Å². The number of benzene rings is 2. The second-order valence-electron chi connectivity index (χ2n) is 5.61. The molecule has 4 rings (SSSR count). The first-order valence-corrected chi connectivity index (χ1v) is 7.67. The Balaban J connectivity index is 0.000000141. The molecule has 0 unspecified atom stereocenters. The van der Waals surface area contributed by atoms with Gasteiger partial charge in [0.1, 0.15) is 0 Å². The molecule has 0 atom stereocenters. The third-order valence-corrected chi connectivity index (χ3v) is 4.02. The molecule has 0 fully saturated rings. The molecule has 0 saturated heterocycles. The molecule has 0 N–H and O–H groups in total. The van der Waals surface area contributed by atoms with Crippen molar-refractivity contribution in [1.82, 2.24) is 9.13 Å². The number of rotatable bonds is 0. The van der Waals surface area contributed by atoms with Crippen LogP contribution in [0.3, 0.4) is 0 Å². The van der Waals surface area contributed by atoms with Gasteiger partial charge in [-0.1, -0.05) is 36.4 Å². The van der Waals surface area contributed by atoms with Crippen LogP contribution in [0, 0.1) is 0 Å². The molecule has 4 aromatic rings. The summed E-state index contributed by atoms with van der Waals surface area (Å²) in [6.07, 6.45) is 1.78. The molecule has 24 heavy (non-hydrogen) atoms. The average Bonchev–Trinajstić information content (AvgIpc) is 2.62. The zero-order valence-electron chi connectivity index (χ0n) is 13.6. The highest BCUT2D eigenvalue weighted by molar-refractivity contribution is 5.81. The molecule has 120 valence electrons. The predicted molar refractivity (Wildman–Crippen MR) is 98.4 cm³/mol. The van der Waals surface area contributed by atoms with Crippen molar-refractivity contribution >= 4 is 21.7 Å². The van der Waals surface area contributed by atoms with Gasteiger partial charge in [0.05, 0.1) is 5.52 Å². The van der Waals surface area contributed by atoms with Crippen molar-refractivity contribution in [2.45, 2.75) is 0 Å². The Morgan fingerprint density at radius 2 is 1.38 bits per heavy atom. The lowest BCUT2D eigenvalue weighted by molar-refractivity contribution is 0.873. The summed E-state index contributed by atoms with van der Waals surface area (Å²) in [6, 6.07) is 20.8. The number of hydrogen-bond donors (Lipinski definition) is 0. The summed E-state index contributed by atoms with van der Waals surface area (Å²) < 4.78 is 3.23. The molecule has 2 heterocycles. The van der Waals surface area contributed by atoms with Crippen molar-refractivity contribution in [3.05, 3.63) is 93.6 Å². The highest BCUT2D eigenvalue weighted by Crippen LogP contribution is 2.09. The van der Waals surface area contributed by atoms with E-state index in [1.54, 1.807) is 35.5 Å². The zero-order chi connectivity index (χ0) is 17.1. The van der Waals surface area contributed by atoms with Gasteiger partial charge in [0, 0.05) is 31.7 Å². The van der Waals surface area contributed by atoms with E-state index in [1.807, 2.05) is 60.7 Å². The zero-order valence-corrected chi connectivity index (χ0v) is 13.6. The highest BCUT2D eigenvalue weighted by atomic mass is 16.1. The van der Waals surface area contributed by atoms with Gasteiger partial charge in [-0.25, -0.2) is 0 Å². The SMILES string of the molecule is Cn1c(=O)ccc2ccccc21.Cn1ccc2ccccc2c1=O. The summed E-state index contributed by atoms with van der Waals surface area (Å²) in [5.74, 6) is 0. The van der Waals surface area contributed by atoms with Crippen LogP contribution >= 0.6 is 0 Å². The van der Waals surface area contributed by atoms with E-state index < -0.39 is 0 Å². The van der Waals surface area contributed by atoms with E-state index in [1.165, 1.54) is 0 Å². The van der Waals surface area contributed by atoms with E-state index in [-0.39, 0.29) is 11.1 Å². The molecule has 2 aromatic carbocycles. The first-order valence-electron chi connectivity index (χ1n) is 7.67. The van der Waals surface area contributed by atoms with Gasteiger partial charge in [0.15, 0.2) is 0 Å². The Hall–Kier alpha value is -3.14. The van der Waals surface area contributed by atoms with Crippen LogP contribution in [0.15, 0.2) is 82.5 Å². The summed E-state index contributed by atoms with van der Waals surface area (Å²) >= 11 is 0. The lowest BCUT2D eigenvalue weighted by Gasteiger charge is -2.01. The predicted octanol–water partition coefficient (Wildman–Crippen LogP) is 3.08. The van der Waals surface area contributed by atoms with Crippen LogP contribution in [0.2, 0.25) is 0 Å². The van der Waals surface area contributed by atoms with Gasteiger partial charge >= 0.3 is 0 Å². The van der Waals surface area contributed by atoms with E-state index >= 15 is 0 Å². The summed E-state index contributed by atoms with van der Waals surface area (Å²) in [6.45, 7) is 0. The number of para-hydroxylation sites is 1. The minimum absolute atomic E-state index is 0.0358. The van der Waals surface area contributed by atoms with Crippen LogP contribution in [-0.4, -0.2) is 9.13 Å². The van der Waals surface area contributed by atoms with Gasteiger partial charge in [-0.3, -0.25) is 9.59 Å². The van der Waals surface area contributed by atoms with E-state index in [9.17, 15) is 9.59 Å². The Labute approximate surface area is 139 Å². The first kappa shape index (κ1) is 15.7. The molecule has 0 aliphatic carbocycles. The molecule has 2 aromatic heterocycles. The Morgan fingerprint density at radius 3 is 2.17 bits per heavy atom. The van der Waals surface area contributed by atoms with Crippen LogP contribution in [0.25, 0.3) is 21.7 Å². The van der Waals surface area contributed by atoms with Crippen LogP contribution in [0.5, 0.6) is 0 Å². The number of pyridine rings is 2. The molecule has 0 saturated carbocycles. The van der Waals surface area contributed by atoms with Crippen LogP contribution in [0.1, 0.15) is 0 Å². The van der Waals surface area contributed by atoms with Crippen molar-refractivity contribution in [3.8, 4) is 0 Å². The van der Waals surface area contributed by atoms with Gasteiger partial charge in [0.25, 0.3) is 11.1 Å². The number of fused-ring (bicyclic) bond motifs is 2. The Kier molecular flexibility index (Phi) is 4.29. The molecular formula is C20H18N2O2. The topological polar surface area (TPSA) is 44.0 Å². The largest absolute Gasteiger partial charge is 0.318 e. The number of nitrogens with zero attached hydrogens (tertiary/aromatic N) is 2. The molecule has 4 heteroatoms. The normalized spacial score (nSPS) is 10.4. The molecule has 0 aliphatic heterocycles. The Bertz CT molecular complexity index is 1120. The fourth-order valence-electron chi connectivity index (χ4n) is 2.61. The quantitative estimate of drug-likeness (QED) is 0.500. The number of aromatic nitrogens is 2. The minimum Gasteiger partial charge on any atom is -0.318 e. The summed E-state index contributed by atoms with van der Waals surface area (Å²) in [4.78, 5) is 22.7. The maximum absolute atomic E-state index is 11.5. The minimum atomic E-state index is 0.0358. The smallest absolute Gasteiger partial charge is 0.258 e. The van der Waals surface area contributed by atoms with Crippen molar-refractivity contribution in [2.75, 3.05) is 0 Å². The van der Waals surface area contributed by atoms with Crippen LogP contribution in [0.4, 0.5) is 0 Å². The van der Waals surface area contributed by atoms with Crippen molar-refractivity contribution in [2.24, 2.45) is 14.1 Å². The molecule has 0 radical (unpaired) electrons. The van der Waals surface area contributed by atoms with Crippen LogP contribution < -0.4 is 11.1 Å². The van der Waals surface area contributed by atoms with E-state index in [4.69, 9.17) is 0 Å². The lowest BCUT2D eigenvalue weighted by Crippen LogP contribution is -2.15. The lowest BCUT2D eigenvalue weighted by atomic mass is 10.2. The van der Waals surface area contributed by atoms with Crippen molar-refractivity contribution in [1.29, 1.82) is 0 Å². The Morgan fingerprint density at radius 1 is 0.708 bits per heavy atom. The molecular weight excluding hydrogens is 300 g/mol. The molecule has 0 spiro atoms. The summed E-state index contributed by atoms with van der Waals surface area (Å²) in [5.41, 5.74) is 1.08. The molecule has 4 nitrogen and oxygen atoms in total. The summed E-state index contributed by atoms with van der Waals surface area (Å²) in [7, 11) is 3.54. The fourth-order valence-corrected chi connectivity index (χ4v) is 2.61. The highest BCUT2D eigenvalue weighted by Gasteiger charge is 1.97. The third kappa shape index (κ3) is 2.99. The molecule has 0 aliphatic rings. The summed E-state index contributed by atoms with van der Waals surface area (Å²) in [5, 5.41) is 2.88. The van der Waals surface area contributed by atoms with E-state index in [0.717, 1.165) is 21.7 Å². The number of hydrogen-bond acceptors (Lipinski definition) is 2. The van der Waals surface area contributed by atoms with Gasteiger partial charge in [-0.05, 0) is 35.0 Å². The molecule has 0 amide bonds. The monoisotopic (exact) mass is 318 g/mol. The van der Waals surface area contributed by atoms with Crippen LogP contribution in [-0.2, 0) is 14.1 Å². The molecule has 0 bridgehead atoms. The van der Waals surface area contributed by atoms with Gasteiger partial charge < -0.3 is 9.13 Å². The van der Waals surface area contributed by atoms with E-state index in [2.05, 4.69) is 0 Å². The fraction of sp³-hybridized carbons (Fsp3) is 0.100. The first-order chi connectivity index (χ1) is 11.6.